The summed E-state index contributed by atoms with van der Waals surface area (Å²) in [7, 11) is -4.80. The second-order valence-corrected chi connectivity index (χ2v) is 31.8. The Balaban J connectivity index is 1.03. The quantitative estimate of drug-likeness (QED) is 0.0797. The molecule has 0 amide bonds. The first kappa shape index (κ1) is 53.8. The zero-order valence-corrected chi connectivity index (χ0v) is 50.9. The van der Waals surface area contributed by atoms with Gasteiger partial charge in [-0.3, -0.25) is 0 Å². The fraction of sp³-hybridized carbons (Fsp3) is 0.0732. The molecule has 0 spiro atoms. The summed E-state index contributed by atoms with van der Waals surface area (Å²) in [5, 5.41) is 8.35. The first-order chi connectivity index (χ1) is 41.2. The molecule has 84 heavy (non-hydrogen) atoms. The Hall–Kier alpha value is -9.45. The molecule has 0 saturated carbocycles. The number of allylic oxidation sites excluding steroid dienone is 9. The number of fused-ring (bicyclic) bond motifs is 1. The average Bonchev–Trinajstić information content (AvgIpc) is 1.64. The van der Waals surface area contributed by atoms with Gasteiger partial charge in [-0.05, 0) is 157 Å². The summed E-state index contributed by atoms with van der Waals surface area (Å²) in [5.41, 5.74) is 25.3. The van der Waals surface area contributed by atoms with Crippen molar-refractivity contribution in [3.05, 3.63) is 353 Å². The first-order valence-electron chi connectivity index (χ1n) is 29.7. The van der Waals surface area contributed by atoms with Crippen LogP contribution in [0.3, 0.4) is 0 Å². The summed E-state index contributed by atoms with van der Waals surface area (Å²) in [5.74, 6) is 0. The molecule has 13 rings (SSSR count). The molecule has 2 heterocycles. The third-order valence-electron chi connectivity index (χ3n) is 17.5. The van der Waals surface area contributed by atoms with Gasteiger partial charge in [0.2, 0.25) is 0 Å². The molecule has 0 aliphatic carbocycles. The van der Waals surface area contributed by atoms with Crippen LogP contribution >= 0.6 is 0 Å². The Morgan fingerprint density at radius 1 is 0.250 bits per heavy atom. The molecule has 0 aromatic heterocycles. The Kier molecular flexibility index (Phi) is 14.6. The number of benzene rings is 11. The van der Waals surface area contributed by atoms with Crippen LogP contribution in [0.25, 0.3) is 93.2 Å². The molecule has 11 aromatic rings. The Morgan fingerprint density at radius 2 is 0.500 bits per heavy atom. The zero-order valence-electron chi connectivity index (χ0n) is 48.9. The molecule has 0 unspecified atom stereocenters. The van der Waals surface area contributed by atoms with E-state index in [9.17, 15) is 0 Å². The Bertz CT molecular complexity index is 4430. The lowest BCUT2D eigenvalue weighted by atomic mass is 9.78. The van der Waals surface area contributed by atoms with Crippen LogP contribution in [0, 0.1) is 0 Å². The second-order valence-electron chi connectivity index (χ2n) is 23.3. The van der Waals surface area contributed by atoms with Crippen molar-refractivity contribution in [3.8, 4) is 44.5 Å². The monoisotopic (exact) mass is 1110 g/mol. The van der Waals surface area contributed by atoms with E-state index in [1.807, 2.05) is 0 Å². The molecular formula is C82H68Si2. The Labute approximate surface area is 499 Å². The van der Waals surface area contributed by atoms with Gasteiger partial charge in [0.15, 0.2) is 0 Å². The van der Waals surface area contributed by atoms with Crippen molar-refractivity contribution in [1.82, 2.24) is 0 Å². The van der Waals surface area contributed by atoms with Crippen LogP contribution < -0.4 is 0 Å². The lowest BCUT2D eigenvalue weighted by Crippen LogP contribution is -2.30. The highest BCUT2D eigenvalue weighted by Crippen LogP contribution is 2.58. The minimum atomic E-state index is -2.40. The van der Waals surface area contributed by atoms with Crippen LogP contribution in [0.2, 0.25) is 26.2 Å². The molecule has 404 valence electrons. The molecule has 0 N–H and O–H groups in total. The standard InChI is InChI=1S/C82H68Si2/c1-7-32-57(8-2)79-75(60-37-20-11-21-38-60)76(61-39-22-12-23-40-61)81(83(79,3)4)67-53-49-64(50-54-67)71-69-47-30-31-48-70(69)72(74(59-35-18-10-19-36-59)73(71)58-33-16-9-17-34-58)65-51-55-68(56-52-65)82-78(63-43-26-14-27-44-63)77(62-41-24-13-25-42-62)80(84(82,5)6)66-45-28-15-29-46-66/h7-56H,1-6H3/b32-7-,57-8+. The fourth-order valence-corrected chi connectivity index (χ4v) is 21.8. The lowest BCUT2D eigenvalue weighted by Gasteiger charge is -2.28. The number of hydrogen-bond donors (Lipinski definition) is 0. The van der Waals surface area contributed by atoms with Gasteiger partial charge in [-0.15, -0.1) is 0 Å². The van der Waals surface area contributed by atoms with Crippen molar-refractivity contribution in [2.24, 2.45) is 0 Å². The second kappa shape index (κ2) is 22.7. The highest BCUT2D eigenvalue weighted by Gasteiger charge is 2.45. The van der Waals surface area contributed by atoms with E-state index < -0.39 is 16.1 Å². The molecular weight excluding hydrogens is 1040 g/mol. The molecule has 0 fully saturated rings. The summed E-state index contributed by atoms with van der Waals surface area (Å²) in [6, 6.07) is 106. The van der Waals surface area contributed by atoms with E-state index in [0.717, 1.165) is 0 Å². The average molecular weight is 1110 g/mol. The largest absolute Gasteiger partial charge is 0.115 e. The van der Waals surface area contributed by atoms with Gasteiger partial charge in [-0.2, -0.15) is 0 Å². The normalized spacial score (nSPS) is 15.0. The van der Waals surface area contributed by atoms with Gasteiger partial charge in [0.25, 0.3) is 0 Å². The molecule has 0 radical (unpaired) electrons. The van der Waals surface area contributed by atoms with E-state index in [1.165, 1.54) is 143 Å². The maximum absolute atomic E-state index is 2.56. The maximum atomic E-state index is 2.56. The van der Waals surface area contributed by atoms with Crippen LogP contribution in [0.1, 0.15) is 52.8 Å². The fourth-order valence-electron chi connectivity index (χ4n) is 14.1. The van der Waals surface area contributed by atoms with Gasteiger partial charge < -0.3 is 0 Å². The van der Waals surface area contributed by atoms with Crippen LogP contribution in [0.15, 0.2) is 314 Å². The topological polar surface area (TPSA) is 0 Å². The molecule has 2 aliphatic rings. The third kappa shape index (κ3) is 9.42. The maximum Gasteiger partial charge on any atom is 0.115 e. The smallest absolute Gasteiger partial charge is 0.0871 e. The first-order valence-corrected chi connectivity index (χ1v) is 35.7. The van der Waals surface area contributed by atoms with Gasteiger partial charge in [-0.25, -0.2) is 0 Å². The summed E-state index contributed by atoms with van der Waals surface area (Å²) in [6.45, 7) is 14.6. The third-order valence-corrected chi connectivity index (χ3v) is 24.7. The van der Waals surface area contributed by atoms with Gasteiger partial charge >= 0.3 is 0 Å². The van der Waals surface area contributed by atoms with Crippen molar-refractivity contribution in [2.75, 3.05) is 0 Å². The van der Waals surface area contributed by atoms with Crippen LogP contribution in [-0.2, 0) is 0 Å². The van der Waals surface area contributed by atoms with Crippen molar-refractivity contribution < 1.29 is 0 Å². The number of hydrogen-bond acceptors (Lipinski definition) is 0. The summed E-state index contributed by atoms with van der Waals surface area (Å²) >= 11 is 0. The summed E-state index contributed by atoms with van der Waals surface area (Å²) in [4.78, 5) is 0. The minimum absolute atomic E-state index is 1.19. The summed E-state index contributed by atoms with van der Waals surface area (Å²) < 4.78 is 0. The van der Waals surface area contributed by atoms with Crippen LogP contribution in [0.5, 0.6) is 0 Å². The molecule has 2 heteroatoms. The van der Waals surface area contributed by atoms with Gasteiger partial charge in [0.05, 0.1) is 0 Å². The molecule has 0 bridgehead atoms. The summed E-state index contributed by atoms with van der Waals surface area (Å²) in [6.07, 6.45) is 6.83. The van der Waals surface area contributed by atoms with Crippen LogP contribution in [0.4, 0.5) is 0 Å². The molecule has 0 atom stereocenters. The highest BCUT2D eigenvalue weighted by molar-refractivity contribution is 7.13. The molecule has 0 saturated heterocycles. The molecule has 11 aromatic carbocycles. The van der Waals surface area contributed by atoms with E-state index in [0.29, 0.717) is 0 Å². The molecule has 0 nitrogen and oxygen atoms in total. The number of rotatable bonds is 13. The predicted octanol–water partition coefficient (Wildman–Crippen LogP) is 22.5. The minimum Gasteiger partial charge on any atom is -0.0871 e. The Morgan fingerprint density at radius 3 is 0.833 bits per heavy atom. The zero-order chi connectivity index (χ0) is 57.4. The van der Waals surface area contributed by atoms with Crippen LogP contribution in [-0.4, -0.2) is 16.1 Å². The molecule has 2 aliphatic heterocycles. The van der Waals surface area contributed by atoms with Gasteiger partial charge in [-0.1, -0.05) is 330 Å². The van der Waals surface area contributed by atoms with Crippen molar-refractivity contribution in [1.29, 1.82) is 0 Å². The van der Waals surface area contributed by atoms with E-state index in [4.69, 9.17) is 0 Å². The van der Waals surface area contributed by atoms with E-state index in [-0.39, 0.29) is 0 Å². The van der Waals surface area contributed by atoms with Crippen molar-refractivity contribution in [2.45, 2.75) is 40.0 Å². The highest BCUT2D eigenvalue weighted by atomic mass is 28.3. The van der Waals surface area contributed by atoms with E-state index >= 15 is 0 Å². The van der Waals surface area contributed by atoms with Gasteiger partial charge in [0.1, 0.15) is 16.1 Å². The van der Waals surface area contributed by atoms with E-state index in [1.54, 1.807) is 0 Å². The lowest BCUT2D eigenvalue weighted by molar-refractivity contribution is 1.50. The van der Waals surface area contributed by atoms with E-state index in [2.05, 4.69) is 343 Å². The predicted molar refractivity (Wildman–Crippen MR) is 369 cm³/mol. The van der Waals surface area contributed by atoms with Crippen molar-refractivity contribution in [3.63, 3.8) is 0 Å². The van der Waals surface area contributed by atoms with Gasteiger partial charge in [0, 0.05) is 0 Å². The van der Waals surface area contributed by atoms with Crippen molar-refractivity contribution >= 4 is 64.8 Å². The SMILES string of the molecule is C/C=C\C(=C/C)C1=C(c2ccccc2)C(c2ccccc2)=C(c2ccc(-c3c(-c4ccccc4)c(-c4ccccc4)c(-c4ccc(C5=C(c6ccccc6)C(c6ccccc6)=C(c6ccccc6)[Si]5(C)C)cc4)c4ccccc34)cc2)[Si]1(C)C.